The first kappa shape index (κ1) is 14.7. The highest BCUT2D eigenvalue weighted by Gasteiger charge is 2.56. The number of hydrogen-bond acceptors (Lipinski definition) is 3. The Kier molecular flexibility index (Phi) is 3.94. The lowest BCUT2D eigenvalue weighted by atomic mass is 9.74. The molecule has 0 bridgehead atoms. The number of alkyl halides is 1. The van der Waals surface area contributed by atoms with Gasteiger partial charge < -0.3 is 0 Å². The van der Waals surface area contributed by atoms with E-state index in [2.05, 4.69) is 15.9 Å². The van der Waals surface area contributed by atoms with Crippen LogP contribution in [0.5, 0.6) is 0 Å². The number of carbonyl (C=O) groups excluding carboxylic acids is 3. The molecule has 1 aromatic carbocycles. The van der Waals surface area contributed by atoms with Crippen molar-refractivity contribution in [2.45, 2.75) is 18.8 Å². The van der Waals surface area contributed by atoms with Crippen molar-refractivity contribution >= 4 is 33.8 Å². The van der Waals surface area contributed by atoms with Gasteiger partial charge in [-0.25, -0.2) is 4.79 Å². The van der Waals surface area contributed by atoms with Crippen LogP contribution in [0, 0.1) is 0 Å². The molecular weight excluding hydrogens is 324 g/mol. The predicted molar refractivity (Wildman–Crippen MR) is 77.2 cm³/mol. The van der Waals surface area contributed by atoms with Crippen molar-refractivity contribution < 1.29 is 14.4 Å². The van der Waals surface area contributed by atoms with Crippen molar-refractivity contribution in [1.82, 2.24) is 9.80 Å². The molecule has 0 saturated carbocycles. The van der Waals surface area contributed by atoms with E-state index >= 15 is 0 Å². The SMILES string of the molecule is CCC1(c2ccccc2)C(=O)N(C)C(=O)N(CBr)C1=O. The molecule has 106 valence electrons. The Hall–Kier alpha value is -1.69. The van der Waals surface area contributed by atoms with Crippen LogP contribution in [-0.4, -0.2) is 40.1 Å². The molecule has 1 fully saturated rings. The second-order valence-electron chi connectivity index (χ2n) is 4.62. The van der Waals surface area contributed by atoms with Gasteiger partial charge in [0.25, 0.3) is 11.8 Å². The Bertz CT molecular complexity index is 561. The third-order valence-corrected chi connectivity index (χ3v) is 4.22. The summed E-state index contributed by atoms with van der Waals surface area (Å²) >= 11 is 3.14. The standard InChI is InChI=1S/C14H15BrN2O3/c1-3-14(10-7-5-4-6-8-10)11(18)16(2)13(20)17(9-15)12(14)19/h4-8H,3,9H2,1-2H3. The van der Waals surface area contributed by atoms with Crippen molar-refractivity contribution in [3.8, 4) is 0 Å². The molecule has 0 N–H and O–H groups in total. The van der Waals surface area contributed by atoms with Crippen molar-refractivity contribution in [2.24, 2.45) is 0 Å². The molecule has 0 spiro atoms. The smallest absolute Gasteiger partial charge is 0.273 e. The molecule has 1 atom stereocenters. The van der Waals surface area contributed by atoms with Crippen molar-refractivity contribution in [1.29, 1.82) is 0 Å². The normalized spacial score (nSPS) is 23.4. The first-order valence-electron chi connectivity index (χ1n) is 6.26. The quantitative estimate of drug-likeness (QED) is 0.481. The van der Waals surface area contributed by atoms with E-state index in [1.54, 1.807) is 31.2 Å². The molecule has 0 aliphatic carbocycles. The van der Waals surface area contributed by atoms with Crippen molar-refractivity contribution in [2.75, 3.05) is 12.5 Å². The summed E-state index contributed by atoms with van der Waals surface area (Å²) < 4.78 is 0. The molecular formula is C14H15BrN2O3. The molecule has 1 aliphatic heterocycles. The van der Waals surface area contributed by atoms with Gasteiger partial charge in [0.05, 0.1) is 5.45 Å². The molecule has 1 aliphatic rings. The number of likely N-dealkylation sites (N-methyl/N-ethyl adjacent to an activating group) is 1. The molecule has 20 heavy (non-hydrogen) atoms. The summed E-state index contributed by atoms with van der Waals surface area (Å²) in [5, 5.41) is 0. The maximum atomic E-state index is 12.7. The molecule has 1 heterocycles. The summed E-state index contributed by atoms with van der Waals surface area (Å²) in [5.74, 6) is -0.949. The van der Waals surface area contributed by atoms with Gasteiger partial charge in [0, 0.05) is 7.05 Å². The largest absolute Gasteiger partial charge is 0.333 e. The number of barbiturate groups is 1. The Morgan fingerprint density at radius 1 is 1.10 bits per heavy atom. The number of halogens is 1. The van der Waals surface area contributed by atoms with E-state index in [0.717, 1.165) is 9.80 Å². The summed E-state index contributed by atoms with van der Waals surface area (Å²) in [7, 11) is 1.40. The minimum atomic E-state index is -1.32. The zero-order valence-electron chi connectivity index (χ0n) is 11.3. The molecule has 0 radical (unpaired) electrons. The van der Waals surface area contributed by atoms with Crippen LogP contribution in [0.4, 0.5) is 4.79 Å². The molecule has 1 saturated heterocycles. The van der Waals surface area contributed by atoms with Crippen LogP contribution in [0.25, 0.3) is 0 Å². The van der Waals surface area contributed by atoms with Crippen LogP contribution in [0.15, 0.2) is 30.3 Å². The van der Waals surface area contributed by atoms with Gasteiger partial charge in [0.1, 0.15) is 0 Å². The minimum Gasteiger partial charge on any atom is -0.273 e. The zero-order chi connectivity index (χ0) is 14.9. The van der Waals surface area contributed by atoms with Gasteiger partial charge in [-0.2, -0.15) is 0 Å². The van der Waals surface area contributed by atoms with E-state index < -0.39 is 23.3 Å². The topological polar surface area (TPSA) is 57.7 Å². The Balaban J connectivity index is 2.64. The summed E-state index contributed by atoms with van der Waals surface area (Å²) in [6.07, 6.45) is 0.301. The molecule has 5 nitrogen and oxygen atoms in total. The van der Waals surface area contributed by atoms with Gasteiger partial charge in [-0.05, 0) is 12.0 Å². The second kappa shape index (κ2) is 5.36. The Labute approximate surface area is 125 Å². The predicted octanol–water partition coefficient (Wildman–Crippen LogP) is 2.11. The number of rotatable bonds is 3. The molecule has 2 rings (SSSR count). The van der Waals surface area contributed by atoms with E-state index in [4.69, 9.17) is 0 Å². The number of amides is 4. The number of nitrogens with zero attached hydrogens (tertiary/aromatic N) is 2. The molecule has 1 aromatic rings. The monoisotopic (exact) mass is 338 g/mol. The fraction of sp³-hybridized carbons (Fsp3) is 0.357. The van der Waals surface area contributed by atoms with Gasteiger partial charge >= 0.3 is 6.03 Å². The lowest BCUT2D eigenvalue weighted by Crippen LogP contribution is -2.65. The fourth-order valence-corrected chi connectivity index (χ4v) is 2.99. The first-order valence-corrected chi connectivity index (χ1v) is 7.38. The van der Waals surface area contributed by atoms with Crippen LogP contribution < -0.4 is 0 Å². The number of urea groups is 1. The van der Waals surface area contributed by atoms with Crippen LogP contribution >= 0.6 is 15.9 Å². The summed E-state index contributed by atoms with van der Waals surface area (Å²) in [4.78, 5) is 39.4. The third kappa shape index (κ3) is 1.86. The maximum Gasteiger partial charge on any atom is 0.333 e. The second-order valence-corrected chi connectivity index (χ2v) is 5.13. The van der Waals surface area contributed by atoms with Gasteiger partial charge in [0.2, 0.25) is 0 Å². The highest BCUT2D eigenvalue weighted by molar-refractivity contribution is 9.09. The van der Waals surface area contributed by atoms with Crippen molar-refractivity contribution in [3.63, 3.8) is 0 Å². The summed E-state index contributed by atoms with van der Waals surface area (Å²) in [6, 6.07) is 8.27. The van der Waals surface area contributed by atoms with Gasteiger partial charge in [-0.3, -0.25) is 19.4 Å². The van der Waals surface area contributed by atoms with E-state index in [9.17, 15) is 14.4 Å². The van der Waals surface area contributed by atoms with Crippen LogP contribution in [-0.2, 0) is 15.0 Å². The van der Waals surface area contributed by atoms with Crippen LogP contribution in [0.1, 0.15) is 18.9 Å². The van der Waals surface area contributed by atoms with Gasteiger partial charge in [0.15, 0.2) is 5.41 Å². The van der Waals surface area contributed by atoms with E-state index in [0.29, 0.717) is 12.0 Å². The Morgan fingerprint density at radius 3 is 2.20 bits per heavy atom. The van der Waals surface area contributed by atoms with Crippen LogP contribution in [0.3, 0.4) is 0 Å². The zero-order valence-corrected chi connectivity index (χ0v) is 12.9. The maximum absolute atomic E-state index is 12.7. The molecule has 6 heteroatoms. The summed E-state index contributed by atoms with van der Waals surface area (Å²) in [6.45, 7) is 1.78. The minimum absolute atomic E-state index is 0.0663. The third-order valence-electron chi connectivity index (χ3n) is 3.71. The number of imide groups is 2. The average Bonchev–Trinajstić information content (AvgIpc) is 2.48. The van der Waals surface area contributed by atoms with Gasteiger partial charge in [-0.1, -0.05) is 53.2 Å². The number of benzene rings is 1. The lowest BCUT2D eigenvalue weighted by molar-refractivity contribution is -0.151. The highest BCUT2D eigenvalue weighted by atomic mass is 79.9. The van der Waals surface area contributed by atoms with Crippen molar-refractivity contribution in [3.05, 3.63) is 35.9 Å². The first-order chi connectivity index (χ1) is 9.50. The highest BCUT2D eigenvalue weighted by Crippen LogP contribution is 2.36. The fourth-order valence-electron chi connectivity index (χ4n) is 2.54. The Morgan fingerprint density at radius 2 is 1.70 bits per heavy atom. The molecule has 1 unspecified atom stereocenters. The van der Waals surface area contributed by atoms with E-state index in [1.165, 1.54) is 7.05 Å². The summed E-state index contributed by atoms with van der Waals surface area (Å²) in [5.41, 5.74) is -0.642. The number of carbonyl (C=O) groups is 3. The molecule has 4 amide bonds. The van der Waals surface area contributed by atoms with E-state index in [-0.39, 0.29) is 5.45 Å². The van der Waals surface area contributed by atoms with Crippen LogP contribution in [0.2, 0.25) is 0 Å². The lowest BCUT2D eigenvalue weighted by Gasteiger charge is -2.42. The van der Waals surface area contributed by atoms with Gasteiger partial charge in [-0.15, -0.1) is 0 Å². The average molecular weight is 339 g/mol. The molecule has 0 aromatic heterocycles. The van der Waals surface area contributed by atoms with E-state index in [1.807, 2.05) is 6.07 Å². The number of hydrogen-bond donors (Lipinski definition) is 0.